The Morgan fingerprint density at radius 2 is 2.00 bits per heavy atom. The monoisotopic (exact) mass is 276 g/mol. The van der Waals surface area contributed by atoms with Gasteiger partial charge in [0.2, 0.25) is 0 Å². The highest BCUT2D eigenvalue weighted by Crippen LogP contribution is 2.34. The Morgan fingerprint density at radius 3 is 2.65 bits per heavy atom. The van der Waals surface area contributed by atoms with Crippen molar-refractivity contribution in [2.75, 3.05) is 25.4 Å². The van der Waals surface area contributed by atoms with E-state index in [1.54, 1.807) is 0 Å². The lowest BCUT2D eigenvalue weighted by Gasteiger charge is -2.25. The van der Waals surface area contributed by atoms with Crippen LogP contribution < -0.4 is 10.5 Å². The number of aliphatic hydroxyl groups excluding tert-OH is 1. The van der Waals surface area contributed by atoms with Gasteiger partial charge in [-0.05, 0) is 43.7 Å². The topological polar surface area (TPSA) is 58.7 Å². The normalized spacial score (nSPS) is 20.1. The zero-order chi connectivity index (χ0) is 13.9. The lowest BCUT2D eigenvalue weighted by Crippen LogP contribution is -2.38. The first-order valence-corrected chi connectivity index (χ1v) is 7.62. The number of ether oxygens (including phenoxy) is 1. The molecule has 2 fully saturated rings. The first-order chi connectivity index (χ1) is 9.72. The van der Waals surface area contributed by atoms with E-state index in [0.717, 1.165) is 12.5 Å². The molecule has 0 amide bonds. The first kappa shape index (κ1) is 13.7. The molecule has 3 N–H and O–H groups in total. The van der Waals surface area contributed by atoms with Crippen LogP contribution in [0.3, 0.4) is 0 Å². The van der Waals surface area contributed by atoms with Gasteiger partial charge in [0.1, 0.15) is 18.5 Å². The fraction of sp³-hybridized carbons (Fsp3) is 0.625. The first-order valence-electron chi connectivity index (χ1n) is 7.62. The summed E-state index contributed by atoms with van der Waals surface area (Å²) in [4.78, 5) is 2.44. The van der Waals surface area contributed by atoms with Gasteiger partial charge in [-0.25, -0.2) is 0 Å². The molecular formula is C16H24N2O2. The van der Waals surface area contributed by atoms with Crippen molar-refractivity contribution in [3.05, 3.63) is 24.3 Å². The van der Waals surface area contributed by atoms with E-state index in [0.29, 0.717) is 30.6 Å². The molecule has 0 saturated heterocycles. The van der Waals surface area contributed by atoms with Crippen molar-refractivity contribution in [3.8, 4) is 5.75 Å². The SMILES string of the molecule is Nc1ccccc1OCC(O)CN(CC1CC1)C1CC1. The second-order valence-corrected chi connectivity index (χ2v) is 6.13. The summed E-state index contributed by atoms with van der Waals surface area (Å²) >= 11 is 0. The number of hydrogen-bond acceptors (Lipinski definition) is 4. The summed E-state index contributed by atoms with van der Waals surface area (Å²) in [5.74, 6) is 1.53. The van der Waals surface area contributed by atoms with Gasteiger partial charge in [0, 0.05) is 19.1 Å². The van der Waals surface area contributed by atoms with Crippen LogP contribution in [0.25, 0.3) is 0 Å². The predicted octanol–water partition coefficient (Wildman–Crippen LogP) is 1.88. The van der Waals surface area contributed by atoms with Crippen LogP contribution in [0, 0.1) is 5.92 Å². The van der Waals surface area contributed by atoms with Crippen molar-refractivity contribution < 1.29 is 9.84 Å². The molecule has 110 valence electrons. The molecule has 1 atom stereocenters. The summed E-state index contributed by atoms with van der Waals surface area (Å²) in [5, 5.41) is 10.2. The van der Waals surface area contributed by atoms with Crippen LogP contribution in [0.5, 0.6) is 5.75 Å². The molecule has 4 nitrogen and oxygen atoms in total. The minimum absolute atomic E-state index is 0.308. The van der Waals surface area contributed by atoms with Crippen molar-refractivity contribution in [2.24, 2.45) is 5.92 Å². The maximum absolute atomic E-state index is 10.2. The summed E-state index contributed by atoms with van der Waals surface area (Å²) in [6.45, 7) is 2.17. The van der Waals surface area contributed by atoms with Crippen LogP contribution in [0.1, 0.15) is 25.7 Å². The highest BCUT2D eigenvalue weighted by molar-refractivity contribution is 5.51. The molecule has 0 radical (unpaired) electrons. The second kappa shape index (κ2) is 6.02. The Bertz CT molecular complexity index is 444. The highest BCUT2D eigenvalue weighted by atomic mass is 16.5. The van der Waals surface area contributed by atoms with Gasteiger partial charge < -0.3 is 15.6 Å². The van der Waals surface area contributed by atoms with E-state index in [1.165, 1.54) is 25.7 Å². The number of nitrogen functional groups attached to an aromatic ring is 1. The molecule has 4 heteroatoms. The van der Waals surface area contributed by atoms with E-state index in [4.69, 9.17) is 10.5 Å². The number of hydrogen-bond donors (Lipinski definition) is 2. The minimum Gasteiger partial charge on any atom is -0.489 e. The third-order valence-electron chi connectivity index (χ3n) is 4.05. The summed E-state index contributed by atoms with van der Waals surface area (Å²) in [6.07, 6.45) is 4.83. The van der Waals surface area contributed by atoms with Crippen LogP contribution in [0.2, 0.25) is 0 Å². The minimum atomic E-state index is -0.450. The molecule has 2 aliphatic carbocycles. The van der Waals surface area contributed by atoms with Crippen molar-refractivity contribution in [2.45, 2.75) is 37.8 Å². The standard InChI is InChI=1S/C16H24N2O2/c17-15-3-1-2-4-16(15)20-11-14(19)10-18(13-7-8-13)9-12-5-6-12/h1-4,12-14,19H,5-11,17H2. The van der Waals surface area contributed by atoms with E-state index in [1.807, 2.05) is 24.3 Å². The fourth-order valence-corrected chi connectivity index (χ4v) is 2.57. The number of rotatable bonds is 8. The number of aliphatic hydroxyl groups is 1. The zero-order valence-electron chi connectivity index (χ0n) is 11.9. The second-order valence-electron chi connectivity index (χ2n) is 6.13. The molecule has 3 rings (SSSR count). The Morgan fingerprint density at radius 1 is 1.25 bits per heavy atom. The predicted molar refractivity (Wildman–Crippen MR) is 79.7 cm³/mol. The Hall–Kier alpha value is -1.26. The quantitative estimate of drug-likeness (QED) is 0.712. The Balaban J connectivity index is 1.45. The van der Waals surface area contributed by atoms with Crippen LogP contribution >= 0.6 is 0 Å². The van der Waals surface area contributed by atoms with E-state index >= 15 is 0 Å². The van der Waals surface area contributed by atoms with Gasteiger partial charge in [-0.3, -0.25) is 4.90 Å². The van der Waals surface area contributed by atoms with Crippen LogP contribution in [0.4, 0.5) is 5.69 Å². The number of nitrogens with zero attached hydrogens (tertiary/aromatic N) is 1. The number of nitrogens with two attached hydrogens (primary N) is 1. The lowest BCUT2D eigenvalue weighted by molar-refractivity contribution is 0.0639. The summed E-state index contributed by atoms with van der Waals surface area (Å²) in [6, 6.07) is 8.12. The molecule has 0 bridgehead atoms. The van der Waals surface area contributed by atoms with Gasteiger partial charge in [0.25, 0.3) is 0 Å². The van der Waals surface area contributed by atoms with Crippen molar-refractivity contribution in [1.82, 2.24) is 4.90 Å². The molecule has 2 saturated carbocycles. The molecule has 0 spiro atoms. The number of benzene rings is 1. The molecule has 1 aromatic carbocycles. The van der Waals surface area contributed by atoms with Gasteiger partial charge >= 0.3 is 0 Å². The largest absolute Gasteiger partial charge is 0.489 e. The van der Waals surface area contributed by atoms with E-state index in [9.17, 15) is 5.11 Å². The lowest BCUT2D eigenvalue weighted by atomic mass is 10.2. The summed E-state index contributed by atoms with van der Waals surface area (Å²) < 4.78 is 5.62. The van der Waals surface area contributed by atoms with Gasteiger partial charge in [-0.2, -0.15) is 0 Å². The van der Waals surface area contributed by atoms with E-state index < -0.39 is 6.10 Å². The third kappa shape index (κ3) is 3.87. The van der Waals surface area contributed by atoms with Gasteiger partial charge in [0.05, 0.1) is 5.69 Å². The smallest absolute Gasteiger partial charge is 0.142 e. The molecule has 20 heavy (non-hydrogen) atoms. The maximum atomic E-state index is 10.2. The molecule has 1 unspecified atom stereocenters. The van der Waals surface area contributed by atoms with Crippen LogP contribution in [-0.4, -0.2) is 41.8 Å². The maximum Gasteiger partial charge on any atom is 0.142 e. The number of para-hydroxylation sites is 2. The zero-order valence-corrected chi connectivity index (χ0v) is 11.9. The van der Waals surface area contributed by atoms with Crippen LogP contribution in [-0.2, 0) is 0 Å². The Kier molecular flexibility index (Phi) is 4.13. The molecular weight excluding hydrogens is 252 g/mol. The van der Waals surface area contributed by atoms with Crippen LogP contribution in [0.15, 0.2) is 24.3 Å². The van der Waals surface area contributed by atoms with Gasteiger partial charge in [-0.15, -0.1) is 0 Å². The van der Waals surface area contributed by atoms with E-state index in [2.05, 4.69) is 4.90 Å². The van der Waals surface area contributed by atoms with Gasteiger partial charge in [-0.1, -0.05) is 12.1 Å². The highest BCUT2D eigenvalue weighted by Gasteiger charge is 2.34. The third-order valence-corrected chi connectivity index (χ3v) is 4.05. The molecule has 1 aromatic rings. The fourth-order valence-electron chi connectivity index (χ4n) is 2.57. The van der Waals surface area contributed by atoms with Crippen molar-refractivity contribution >= 4 is 5.69 Å². The average Bonchev–Trinajstić information content (AvgIpc) is 3.29. The average molecular weight is 276 g/mol. The molecule has 2 aliphatic rings. The summed E-state index contributed by atoms with van der Waals surface area (Å²) in [7, 11) is 0. The van der Waals surface area contributed by atoms with Crippen molar-refractivity contribution in [3.63, 3.8) is 0 Å². The van der Waals surface area contributed by atoms with E-state index in [-0.39, 0.29) is 0 Å². The van der Waals surface area contributed by atoms with Gasteiger partial charge in [0.15, 0.2) is 0 Å². The Labute approximate surface area is 120 Å². The molecule has 0 heterocycles. The molecule has 0 aliphatic heterocycles. The summed E-state index contributed by atoms with van der Waals surface area (Å²) in [5.41, 5.74) is 6.45. The van der Waals surface area contributed by atoms with Crippen molar-refractivity contribution in [1.29, 1.82) is 0 Å². The molecule has 0 aromatic heterocycles. The number of anilines is 1.